The van der Waals surface area contributed by atoms with Crippen molar-refractivity contribution in [2.45, 2.75) is 6.92 Å². The number of aromatic amines is 1. The van der Waals surface area contributed by atoms with Crippen LogP contribution >= 0.6 is 0 Å². The van der Waals surface area contributed by atoms with Gasteiger partial charge in [-0.15, -0.1) is 0 Å². The summed E-state index contributed by atoms with van der Waals surface area (Å²) < 4.78 is 1.48. The number of rotatable bonds is 3. The van der Waals surface area contributed by atoms with Gasteiger partial charge in [-0.2, -0.15) is 5.26 Å². The summed E-state index contributed by atoms with van der Waals surface area (Å²) in [6.07, 6.45) is 0. The molecule has 2 heterocycles. The molecule has 0 radical (unpaired) electrons. The Bertz CT molecular complexity index is 1250. The second-order valence-corrected chi connectivity index (χ2v) is 6.38. The van der Waals surface area contributed by atoms with E-state index in [0.717, 1.165) is 11.3 Å². The predicted octanol–water partition coefficient (Wildman–Crippen LogP) is 3.66. The van der Waals surface area contributed by atoms with Crippen molar-refractivity contribution in [2.75, 3.05) is 5.73 Å². The van der Waals surface area contributed by atoms with Crippen LogP contribution in [-0.4, -0.2) is 14.8 Å². The van der Waals surface area contributed by atoms with Gasteiger partial charge >= 0.3 is 0 Å². The number of benzene rings is 2. The molecule has 0 saturated carbocycles. The van der Waals surface area contributed by atoms with Gasteiger partial charge in [-0.05, 0) is 30.7 Å². The van der Waals surface area contributed by atoms with E-state index in [4.69, 9.17) is 5.73 Å². The first kappa shape index (κ1) is 17.3. The second kappa shape index (κ2) is 6.89. The minimum absolute atomic E-state index is 0.102. The van der Waals surface area contributed by atoms with Gasteiger partial charge in [0, 0.05) is 11.3 Å². The van der Waals surface area contributed by atoms with E-state index < -0.39 is 0 Å². The highest BCUT2D eigenvalue weighted by atomic mass is 16.1. The number of hydrogen-bond donors (Lipinski definition) is 2. The van der Waals surface area contributed by atoms with E-state index in [1.165, 1.54) is 4.68 Å². The Balaban J connectivity index is 1.95. The minimum Gasteiger partial charge on any atom is -0.383 e. The maximum absolute atomic E-state index is 13.1. The van der Waals surface area contributed by atoms with Gasteiger partial charge in [-0.1, -0.05) is 48.5 Å². The fourth-order valence-electron chi connectivity index (χ4n) is 3.26. The Morgan fingerprint density at radius 1 is 1.07 bits per heavy atom. The lowest BCUT2D eigenvalue weighted by Crippen LogP contribution is -2.16. The number of pyridine rings is 1. The molecule has 0 unspecified atom stereocenters. The average molecular weight is 367 g/mol. The molecule has 2 aromatic carbocycles. The van der Waals surface area contributed by atoms with Crippen LogP contribution in [0, 0.1) is 18.3 Å². The van der Waals surface area contributed by atoms with Gasteiger partial charge in [0.25, 0.3) is 5.56 Å². The Labute approximate surface area is 161 Å². The van der Waals surface area contributed by atoms with E-state index in [2.05, 4.69) is 16.2 Å². The fraction of sp³-hybridized carbons (Fsp3) is 0.0455. The second-order valence-electron chi connectivity index (χ2n) is 6.38. The molecule has 6 heteroatoms. The van der Waals surface area contributed by atoms with E-state index in [0.29, 0.717) is 28.1 Å². The largest absolute Gasteiger partial charge is 0.383 e. The number of aryl methyl sites for hydroxylation is 1. The summed E-state index contributed by atoms with van der Waals surface area (Å²) in [6.45, 7) is 1.81. The summed E-state index contributed by atoms with van der Waals surface area (Å²) in [5.74, 6) is 0.102. The molecule has 0 aliphatic rings. The molecule has 136 valence electrons. The van der Waals surface area contributed by atoms with Crippen molar-refractivity contribution in [3.63, 3.8) is 0 Å². The number of H-pyrrole nitrogens is 1. The third-order valence-corrected chi connectivity index (χ3v) is 4.59. The Kier molecular flexibility index (Phi) is 4.26. The third-order valence-electron chi connectivity index (χ3n) is 4.59. The summed E-state index contributed by atoms with van der Waals surface area (Å²) in [6, 6.07) is 22.6. The quantitative estimate of drug-likeness (QED) is 0.577. The number of aromatic nitrogens is 3. The number of hydrogen-bond acceptors (Lipinski definition) is 4. The van der Waals surface area contributed by atoms with Gasteiger partial charge in [-0.3, -0.25) is 9.89 Å². The SMILES string of the molecule is Cc1[nH]n(-c2ccccc2)c(=O)c1-c1cc(-c2ccccc2)c(C#N)c(N)n1. The number of nitrogens with one attached hydrogen (secondary N) is 1. The first-order chi connectivity index (χ1) is 13.6. The molecule has 4 rings (SSSR count). The molecular formula is C22H17N5O. The molecule has 2 aromatic heterocycles. The van der Waals surface area contributed by atoms with E-state index in [1.54, 1.807) is 6.07 Å². The third kappa shape index (κ3) is 2.85. The van der Waals surface area contributed by atoms with Crippen LogP contribution in [0.3, 0.4) is 0 Å². The summed E-state index contributed by atoms with van der Waals surface area (Å²) in [5.41, 5.74) is 9.90. The van der Waals surface area contributed by atoms with Crippen LogP contribution in [0.4, 0.5) is 5.82 Å². The molecule has 28 heavy (non-hydrogen) atoms. The highest BCUT2D eigenvalue weighted by Crippen LogP contribution is 2.31. The molecular weight excluding hydrogens is 350 g/mol. The molecule has 0 bridgehead atoms. The van der Waals surface area contributed by atoms with Crippen molar-refractivity contribution in [3.8, 4) is 34.1 Å². The van der Waals surface area contributed by atoms with Crippen LogP contribution in [-0.2, 0) is 0 Å². The van der Waals surface area contributed by atoms with Gasteiger partial charge in [0.15, 0.2) is 0 Å². The minimum atomic E-state index is -0.223. The standard InChI is InChI=1S/C22H17N5O/c1-14-20(22(28)27(26-14)16-10-6-3-7-11-16)19-12-17(15-8-4-2-5-9-15)18(13-23)21(24)25-19/h2-12,26H,1H3,(H2,24,25). The Morgan fingerprint density at radius 2 is 1.71 bits per heavy atom. The molecule has 0 amide bonds. The summed E-state index contributed by atoms with van der Waals surface area (Å²) >= 11 is 0. The average Bonchev–Trinajstić information content (AvgIpc) is 3.02. The van der Waals surface area contributed by atoms with E-state index in [9.17, 15) is 10.1 Å². The maximum atomic E-state index is 13.1. The van der Waals surface area contributed by atoms with Gasteiger partial charge in [-0.25, -0.2) is 9.67 Å². The molecule has 0 atom stereocenters. The zero-order valence-corrected chi connectivity index (χ0v) is 15.2. The number of nitrogen functional groups attached to an aromatic ring is 1. The monoisotopic (exact) mass is 367 g/mol. The van der Waals surface area contributed by atoms with Crippen LogP contribution in [0.2, 0.25) is 0 Å². The Hall–Kier alpha value is -4.11. The van der Waals surface area contributed by atoms with E-state index in [-0.39, 0.29) is 11.4 Å². The number of para-hydroxylation sites is 1. The molecule has 0 saturated heterocycles. The summed E-state index contributed by atoms with van der Waals surface area (Å²) in [4.78, 5) is 17.4. The molecule has 0 aliphatic heterocycles. The van der Waals surface area contributed by atoms with Crippen molar-refractivity contribution >= 4 is 5.82 Å². The van der Waals surface area contributed by atoms with Gasteiger partial charge in [0.1, 0.15) is 17.5 Å². The van der Waals surface area contributed by atoms with Crippen molar-refractivity contribution < 1.29 is 0 Å². The fourth-order valence-corrected chi connectivity index (χ4v) is 3.26. The number of nitrogens with zero attached hydrogens (tertiary/aromatic N) is 3. The zero-order valence-electron chi connectivity index (χ0n) is 15.2. The van der Waals surface area contributed by atoms with E-state index >= 15 is 0 Å². The van der Waals surface area contributed by atoms with Crippen molar-refractivity contribution in [1.29, 1.82) is 5.26 Å². The molecule has 0 fully saturated rings. The first-order valence-electron chi connectivity index (χ1n) is 8.73. The highest BCUT2D eigenvalue weighted by Gasteiger charge is 2.19. The lowest BCUT2D eigenvalue weighted by Gasteiger charge is -2.09. The van der Waals surface area contributed by atoms with Crippen molar-refractivity contribution in [1.82, 2.24) is 14.8 Å². The van der Waals surface area contributed by atoms with Gasteiger partial charge in [0.2, 0.25) is 0 Å². The molecule has 3 N–H and O–H groups in total. The smallest absolute Gasteiger partial charge is 0.280 e. The van der Waals surface area contributed by atoms with Crippen LogP contribution in [0.25, 0.3) is 28.1 Å². The Morgan fingerprint density at radius 3 is 2.36 bits per heavy atom. The number of anilines is 1. The van der Waals surface area contributed by atoms with Crippen LogP contribution < -0.4 is 11.3 Å². The topological polar surface area (TPSA) is 100 Å². The van der Waals surface area contributed by atoms with Crippen molar-refractivity contribution in [3.05, 3.63) is 88.3 Å². The van der Waals surface area contributed by atoms with E-state index in [1.807, 2.05) is 67.6 Å². The van der Waals surface area contributed by atoms with Gasteiger partial charge < -0.3 is 5.73 Å². The molecule has 4 aromatic rings. The number of nitriles is 1. The molecule has 6 nitrogen and oxygen atoms in total. The molecule has 0 aliphatic carbocycles. The molecule has 0 spiro atoms. The summed E-state index contributed by atoms with van der Waals surface area (Å²) in [7, 11) is 0. The number of nitrogens with two attached hydrogens (primary N) is 1. The lowest BCUT2D eigenvalue weighted by molar-refractivity contribution is 0.835. The normalized spacial score (nSPS) is 10.6. The van der Waals surface area contributed by atoms with Crippen LogP contribution in [0.15, 0.2) is 71.5 Å². The van der Waals surface area contributed by atoms with Crippen LogP contribution in [0.1, 0.15) is 11.3 Å². The predicted molar refractivity (Wildman–Crippen MR) is 109 cm³/mol. The van der Waals surface area contributed by atoms with Crippen molar-refractivity contribution in [2.24, 2.45) is 0 Å². The first-order valence-corrected chi connectivity index (χ1v) is 8.73. The summed E-state index contributed by atoms with van der Waals surface area (Å²) in [5, 5.41) is 12.6. The maximum Gasteiger partial charge on any atom is 0.280 e. The van der Waals surface area contributed by atoms with Crippen LogP contribution in [0.5, 0.6) is 0 Å². The zero-order chi connectivity index (χ0) is 19.7. The lowest BCUT2D eigenvalue weighted by atomic mass is 9.98. The highest BCUT2D eigenvalue weighted by molar-refractivity contribution is 5.80. The van der Waals surface area contributed by atoms with Gasteiger partial charge in [0.05, 0.1) is 16.9 Å².